The number of rotatable bonds is 5. The first kappa shape index (κ1) is 21.4. The van der Waals surface area contributed by atoms with Crippen LogP contribution < -0.4 is 16.0 Å². The lowest BCUT2D eigenvalue weighted by atomic mass is 9.96. The van der Waals surface area contributed by atoms with Gasteiger partial charge in [0.25, 0.3) is 5.56 Å². The molecule has 154 valence electrons. The Morgan fingerprint density at radius 3 is 2.34 bits per heavy atom. The number of hydrogen-bond donors (Lipinski definition) is 0. The Morgan fingerprint density at radius 2 is 1.72 bits per heavy atom. The SMILES string of the molecule is Cn1c(=O)c2c(SCCOc3ccc(Cl)cc3)nc(C(C)(C)C)nc2n(C)c1=O. The molecule has 7 nitrogen and oxygen atoms in total. The lowest BCUT2D eigenvalue weighted by Crippen LogP contribution is -2.38. The number of benzene rings is 1. The van der Waals surface area contributed by atoms with Crippen LogP contribution in [0, 0.1) is 0 Å². The summed E-state index contributed by atoms with van der Waals surface area (Å²) in [7, 11) is 3.07. The highest BCUT2D eigenvalue weighted by Crippen LogP contribution is 2.27. The minimum absolute atomic E-state index is 0.333. The molecule has 0 spiro atoms. The van der Waals surface area contributed by atoms with E-state index in [4.69, 9.17) is 16.3 Å². The zero-order valence-electron chi connectivity index (χ0n) is 17.0. The summed E-state index contributed by atoms with van der Waals surface area (Å²) >= 11 is 7.29. The fourth-order valence-corrected chi connectivity index (χ4v) is 3.66. The number of ether oxygens (including phenoxy) is 1. The molecule has 2 heterocycles. The lowest BCUT2D eigenvalue weighted by molar-refractivity contribution is 0.344. The quantitative estimate of drug-likeness (QED) is 0.348. The Morgan fingerprint density at radius 1 is 1.07 bits per heavy atom. The molecule has 29 heavy (non-hydrogen) atoms. The standard InChI is InChI=1S/C20H23ClN4O3S/c1-20(2,3)18-22-15-14(17(26)25(5)19(27)24(15)4)16(23-18)29-11-10-28-13-8-6-12(21)7-9-13/h6-9H,10-11H2,1-5H3. The average Bonchev–Trinajstić information content (AvgIpc) is 2.68. The molecule has 0 fully saturated rings. The van der Waals surface area contributed by atoms with Crippen molar-refractivity contribution in [1.82, 2.24) is 19.1 Å². The van der Waals surface area contributed by atoms with Crippen molar-refractivity contribution in [2.75, 3.05) is 12.4 Å². The summed E-state index contributed by atoms with van der Waals surface area (Å²) in [6.45, 7) is 6.40. The van der Waals surface area contributed by atoms with Crippen LogP contribution in [0.2, 0.25) is 5.02 Å². The highest BCUT2D eigenvalue weighted by atomic mass is 35.5. The Labute approximate surface area is 177 Å². The van der Waals surface area contributed by atoms with Crippen LogP contribution in [0.3, 0.4) is 0 Å². The molecule has 0 radical (unpaired) electrons. The van der Waals surface area contributed by atoms with Gasteiger partial charge in [0.2, 0.25) is 0 Å². The van der Waals surface area contributed by atoms with Gasteiger partial charge < -0.3 is 4.74 Å². The van der Waals surface area contributed by atoms with Crippen LogP contribution in [-0.2, 0) is 19.5 Å². The Bertz CT molecular complexity index is 1160. The van der Waals surface area contributed by atoms with E-state index in [1.807, 2.05) is 20.8 Å². The monoisotopic (exact) mass is 434 g/mol. The Kier molecular flexibility index (Phi) is 6.05. The fraction of sp³-hybridized carbons (Fsp3) is 0.400. The van der Waals surface area contributed by atoms with Gasteiger partial charge in [-0.2, -0.15) is 0 Å². The molecular formula is C20H23ClN4O3S. The molecule has 0 bridgehead atoms. The van der Waals surface area contributed by atoms with E-state index in [2.05, 4.69) is 9.97 Å². The van der Waals surface area contributed by atoms with Crippen molar-refractivity contribution in [2.24, 2.45) is 14.1 Å². The third-order valence-corrected chi connectivity index (χ3v) is 5.53. The van der Waals surface area contributed by atoms with Gasteiger partial charge >= 0.3 is 5.69 Å². The maximum atomic E-state index is 12.8. The summed E-state index contributed by atoms with van der Waals surface area (Å²) in [4.78, 5) is 34.3. The largest absolute Gasteiger partial charge is 0.493 e. The molecule has 0 saturated heterocycles. The van der Waals surface area contributed by atoms with Crippen molar-refractivity contribution in [3.8, 4) is 5.75 Å². The fourth-order valence-electron chi connectivity index (χ4n) is 2.70. The predicted molar refractivity (Wildman–Crippen MR) is 116 cm³/mol. The van der Waals surface area contributed by atoms with Crippen molar-refractivity contribution in [2.45, 2.75) is 31.2 Å². The summed E-state index contributed by atoms with van der Waals surface area (Å²) in [5.74, 6) is 1.87. The second-order valence-electron chi connectivity index (χ2n) is 7.66. The summed E-state index contributed by atoms with van der Waals surface area (Å²) in [6, 6.07) is 7.14. The molecule has 0 unspecified atom stereocenters. The van der Waals surface area contributed by atoms with Crippen molar-refractivity contribution in [3.63, 3.8) is 0 Å². The topological polar surface area (TPSA) is 79.0 Å². The predicted octanol–water partition coefficient (Wildman–Crippen LogP) is 3.15. The molecule has 0 aliphatic rings. The summed E-state index contributed by atoms with van der Waals surface area (Å²) in [5, 5.41) is 1.55. The molecule has 9 heteroatoms. The minimum atomic E-state index is -0.414. The van der Waals surface area contributed by atoms with E-state index in [9.17, 15) is 9.59 Å². The van der Waals surface area contributed by atoms with Crippen molar-refractivity contribution in [1.29, 1.82) is 0 Å². The smallest absolute Gasteiger partial charge is 0.332 e. The first-order valence-electron chi connectivity index (χ1n) is 9.09. The van der Waals surface area contributed by atoms with Crippen molar-refractivity contribution in [3.05, 3.63) is 56.0 Å². The van der Waals surface area contributed by atoms with E-state index in [1.54, 1.807) is 31.3 Å². The highest BCUT2D eigenvalue weighted by Gasteiger charge is 2.23. The number of aryl methyl sites for hydroxylation is 1. The van der Waals surface area contributed by atoms with Crippen LogP contribution in [0.25, 0.3) is 11.0 Å². The van der Waals surface area contributed by atoms with E-state index >= 15 is 0 Å². The third-order valence-electron chi connectivity index (χ3n) is 4.34. The van der Waals surface area contributed by atoms with Gasteiger partial charge in [0.1, 0.15) is 22.0 Å². The molecule has 0 aliphatic heterocycles. The summed E-state index contributed by atoms with van der Waals surface area (Å²) < 4.78 is 8.20. The molecule has 0 N–H and O–H groups in total. The Balaban J connectivity index is 1.95. The Hall–Kier alpha value is -2.32. The number of nitrogens with zero attached hydrogens (tertiary/aromatic N) is 4. The normalized spacial score (nSPS) is 11.8. The van der Waals surface area contributed by atoms with Crippen LogP contribution in [0.5, 0.6) is 5.75 Å². The second kappa shape index (κ2) is 8.20. The molecule has 2 aromatic heterocycles. The van der Waals surface area contributed by atoms with E-state index in [1.165, 1.54) is 23.4 Å². The van der Waals surface area contributed by atoms with Gasteiger partial charge in [-0.05, 0) is 24.3 Å². The number of aromatic nitrogens is 4. The van der Waals surface area contributed by atoms with Crippen LogP contribution in [-0.4, -0.2) is 31.5 Å². The van der Waals surface area contributed by atoms with Gasteiger partial charge in [-0.1, -0.05) is 32.4 Å². The maximum Gasteiger partial charge on any atom is 0.332 e. The molecular weight excluding hydrogens is 412 g/mol. The molecule has 0 amide bonds. The van der Waals surface area contributed by atoms with Crippen molar-refractivity contribution >= 4 is 34.4 Å². The molecule has 3 rings (SSSR count). The zero-order chi connectivity index (χ0) is 21.3. The first-order chi connectivity index (χ1) is 13.6. The maximum absolute atomic E-state index is 12.8. The third kappa shape index (κ3) is 4.48. The second-order valence-corrected chi connectivity index (χ2v) is 9.18. The van der Waals surface area contributed by atoms with Gasteiger partial charge in [0.05, 0.1) is 6.61 Å². The molecule has 0 saturated carbocycles. The van der Waals surface area contributed by atoms with E-state index < -0.39 is 11.2 Å². The molecule has 3 aromatic rings. The first-order valence-corrected chi connectivity index (χ1v) is 10.5. The van der Waals surface area contributed by atoms with Crippen LogP contribution >= 0.6 is 23.4 Å². The van der Waals surface area contributed by atoms with Gasteiger partial charge in [-0.15, -0.1) is 11.8 Å². The molecule has 1 aromatic carbocycles. The van der Waals surface area contributed by atoms with Crippen LogP contribution in [0.15, 0.2) is 38.9 Å². The van der Waals surface area contributed by atoms with E-state index in [0.29, 0.717) is 39.3 Å². The molecule has 0 atom stereocenters. The van der Waals surface area contributed by atoms with Gasteiger partial charge in [0, 0.05) is 30.3 Å². The zero-order valence-corrected chi connectivity index (χ0v) is 18.6. The van der Waals surface area contributed by atoms with E-state index in [0.717, 1.165) is 10.3 Å². The van der Waals surface area contributed by atoms with E-state index in [-0.39, 0.29) is 5.41 Å². The molecule has 0 aliphatic carbocycles. The average molecular weight is 435 g/mol. The van der Waals surface area contributed by atoms with Gasteiger partial charge in [-0.3, -0.25) is 13.9 Å². The lowest BCUT2D eigenvalue weighted by Gasteiger charge is -2.19. The van der Waals surface area contributed by atoms with Crippen LogP contribution in [0.1, 0.15) is 26.6 Å². The number of fused-ring (bicyclic) bond motifs is 1. The summed E-state index contributed by atoms with van der Waals surface area (Å²) in [6.07, 6.45) is 0. The number of thioether (sulfide) groups is 1. The van der Waals surface area contributed by atoms with Crippen LogP contribution in [0.4, 0.5) is 0 Å². The number of halogens is 1. The van der Waals surface area contributed by atoms with Crippen molar-refractivity contribution < 1.29 is 4.74 Å². The minimum Gasteiger partial charge on any atom is -0.493 e. The van der Waals surface area contributed by atoms with Gasteiger partial charge in [0.15, 0.2) is 5.65 Å². The highest BCUT2D eigenvalue weighted by molar-refractivity contribution is 7.99. The van der Waals surface area contributed by atoms with Gasteiger partial charge in [-0.25, -0.2) is 14.8 Å². The number of hydrogen-bond acceptors (Lipinski definition) is 6. The summed E-state index contributed by atoms with van der Waals surface area (Å²) in [5.41, 5.74) is -0.799.